The molecular weight excluding hydrogens is 292 g/mol. The first kappa shape index (κ1) is 21.6. The first-order chi connectivity index (χ1) is 11.1. The van der Waals surface area contributed by atoms with Crippen LogP contribution in [0.3, 0.4) is 0 Å². The van der Waals surface area contributed by atoms with Gasteiger partial charge in [0.2, 0.25) is 0 Å². The first-order valence-electron chi connectivity index (χ1n) is 8.94. The van der Waals surface area contributed by atoms with Gasteiger partial charge in [-0.15, -0.1) is 0 Å². The standard InChI is InChI=1S/C15H28N2.C3H6O3/c1-2-3-4-5-6-7-8-9-10-11-13-17-14-12-16-15-17;1-2(4)3(5)6/h12,14-15H,2-11,13H2,1H3;2,4H,1H3,(H,5,6). The monoisotopic (exact) mass is 326 g/mol. The highest BCUT2D eigenvalue weighted by molar-refractivity contribution is 5.71. The van der Waals surface area contributed by atoms with Crippen molar-refractivity contribution >= 4 is 5.97 Å². The van der Waals surface area contributed by atoms with Crippen LogP contribution in [0.2, 0.25) is 0 Å². The van der Waals surface area contributed by atoms with Crippen LogP contribution in [0.1, 0.15) is 78.1 Å². The lowest BCUT2D eigenvalue weighted by atomic mass is 10.1. The SMILES string of the molecule is CC(O)C(=O)O.CCCCCCCCCCCCn1ccnc1. The van der Waals surface area contributed by atoms with Gasteiger partial charge in [0, 0.05) is 18.9 Å². The molecule has 0 saturated heterocycles. The molecule has 0 bridgehead atoms. The number of aliphatic hydroxyl groups is 1. The minimum absolute atomic E-state index is 1.14. The zero-order valence-electron chi connectivity index (χ0n) is 14.8. The number of hydrogen-bond acceptors (Lipinski definition) is 3. The maximum atomic E-state index is 9.45. The summed E-state index contributed by atoms with van der Waals surface area (Å²) in [4.78, 5) is 13.5. The fraction of sp³-hybridized carbons (Fsp3) is 0.778. The Morgan fingerprint density at radius 1 is 1.04 bits per heavy atom. The Morgan fingerprint density at radius 2 is 1.52 bits per heavy atom. The molecule has 0 saturated carbocycles. The molecule has 1 atom stereocenters. The van der Waals surface area contributed by atoms with Gasteiger partial charge in [-0.2, -0.15) is 0 Å². The van der Waals surface area contributed by atoms with Gasteiger partial charge in [-0.3, -0.25) is 0 Å². The normalized spacial score (nSPS) is 11.6. The topological polar surface area (TPSA) is 75.3 Å². The average molecular weight is 326 g/mol. The van der Waals surface area contributed by atoms with Crippen LogP contribution in [0.25, 0.3) is 0 Å². The summed E-state index contributed by atoms with van der Waals surface area (Å²) in [6.45, 7) is 4.61. The van der Waals surface area contributed by atoms with E-state index in [1.165, 1.54) is 71.1 Å². The highest BCUT2D eigenvalue weighted by atomic mass is 16.4. The third-order valence-corrected chi connectivity index (χ3v) is 3.69. The van der Waals surface area contributed by atoms with Crippen LogP contribution in [-0.2, 0) is 11.3 Å². The largest absolute Gasteiger partial charge is 0.479 e. The zero-order chi connectivity index (χ0) is 17.3. The number of carbonyl (C=O) groups is 1. The Balaban J connectivity index is 0.000000688. The molecule has 5 heteroatoms. The number of aliphatic hydroxyl groups excluding tert-OH is 1. The number of carboxylic acid groups (broad SMARTS) is 1. The summed E-state index contributed by atoms with van der Waals surface area (Å²) in [5.41, 5.74) is 0. The van der Waals surface area contributed by atoms with Crippen LogP contribution in [0.5, 0.6) is 0 Å². The molecule has 0 aliphatic rings. The molecule has 0 radical (unpaired) electrons. The third-order valence-electron chi connectivity index (χ3n) is 3.69. The van der Waals surface area contributed by atoms with E-state index in [9.17, 15) is 4.79 Å². The predicted molar refractivity (Wildman–Crippen MR) is 93.4 cm³/mol. The van der Waals surface area contributed by atoms with Gasteiger partial charge in [0.15, 0.2) is 0 Å². The van der Waals surface area contributed by atoms with Crippen molar-refractivity contribution in [1.82, 2.24) is 9.55 Å². The maximum absolute atomic E-state index is 9.45. The minimum atomic E-state index is -1.23. The Morgan fingerprint density at radius 3 is 1.91 bits per heavy atom. The van der Waals surface area contributed by atoms with Crippen LogP contribution in [0.15, 0.2) is 18.7 Å². The van der Waals surface area contributed by atoms with Crippen molar-refractivity contribution in [3.63, 3.8) is 0 Å². The number of aryl methyl sites for hydroxylation is 1. The van der Waals surface area contributed by atoms with E-state index in [2.05, 4.69) is 16.5 Å². The lowest BCUT2D eigenvalue weighted by Gasteiger charge is -2.03. The van der Waals surface area contributed by atoms with Gasteiger partial charge in [-0.05, 0) is 13.3 Å². The summed E-state index contributed by atoms with van der Waals surface area (Å²) >= 11 is 0. The van der Waals surface area contributed by atoms with E-state index < -0.39 is 12.1 Å². The summed E-state index contributed by atoms with van der Waals surface area (Å²) in [6, 6.07) is 0. The Hall–Kier alpha value is -1.36. The molecule has 1 heterocycles. The maximum Gasteiger partial charge on any atom is 0.332 e. The van der Waals surface area contributed by atoms with Crippen LogP contribution >= 0.6 is 0 Å². The van der Waals surface area contributed by atoms with Crippen LogP contribution in [0.4, 0.5) is 0 Å². The summed E-state index contributed by atoms with van der Waals surface area (Å²) in [5, 5.41) is 15.8. The molecule has 0 amide bonds. The number of hydrogen-bond donors (Lipinski definition) is 2. The number of carboxylic acids is 1. The third kappa shape index (κ3) is 15.3. The van der Waals surface area contributed by atoms with Gasteiger partial charge >= 0.3 is 5.97 Å². The summed E-state index contributed by atoms with van der Waals surface area (Å²) in [5.74, 6) is -1.19. The quantitative estimate of drug-likeness (QED) is 0.563. The molecule has 23 heavy (non-hydrogen) atoms. The fourth-order valence-corrected chi connectivity index (χ4v) is 2.20. The number of nitrogens with zero attached hydrogens (tertiary/aromatic N) is 2. The number of rotatable bonds is 12. The Bertz CT molecular complexity index is 364. The molecule has 5 nitrogen and oxygen atoms in total. The van der Waals surface area contributed by atoms with Crippen LogP contribution < -0.4 is 0 Å². The van der Waals surface area contributed by atoms with Crippen molar-refractivity contribution in [3.05, 3.63) is 18.7 Å². The van der Waals surface area contributed by atoms with Gasteiger partial charge in [0.1, 0.15) is 6.10 Å². The van der Waals surface area contributed by atoms with Crippen molar-refractivity contribution in [1.29, 1.82) is 0 Å². The van der Waals surface area contributed by atoms with Gasteiger partial charge in [-0.25, -0.2) is 9.78 Å². The van der Waals surface area contributed by atoms with E-state index >= 15 is 0 Å². The van der Waals surface area contributed by atoms with Gasteiger partial charge < -0.3 is 14.8 Å². The van der Waals surface area contributed by atoms with Gasteiger partial charge in [0.25, 0.3) is 0 Å². The summed E-state index contributed by atoms with van der Waals surface area (Å²) < 4.78 is 2.17. The molecule has 134 valence electrons. The van der Waals surface area contributed by atoms with Gasteiger partial charge in [0.05, 0.1) is 6.33 Å². The molecule has 0 fully saturated rings. The van der Waals surface area contributed by atoms with E-state index in [1.54, 1.807) is 0 Å². The molecule has 1 rings (SSSR count). The number of unbranched alkanes of at least 4 members (excludes halogenated alkanes) is 9. The number of imidazole rings is 1. The van der Waals surface area contributed by atoms with Crippen LogP contribution in [0, 0.1) is 0 Å². The molecule has 1 unspecified atom stereocenters. The molecule has 2 N–H and O–H groups in total. The molecule has 1 aromatic heterocycles. The van der Waals surface area contributed by atoms with E-state index in [0.29, 0.717) is 0 Å². The zero-order valence-corrected chi connectivity index (χ0v) is 14.8. The highest BCUT2D eigenvalue weighted by Crippen LogP contribution is 2.10. The Kier molecular flexibility index (Phi) is 14.6. The van der Waals surface area contributed by atoms with Crippen molar-refractivity contribution in [2.45, 2.75) is 90.7 Å². The predicted octanol–water partition coefficient (Wildman–Crippen LogP) is 4.26. The molecule has 0 aromatic carbocycles. The highest BCUT2D eigenvalue weighted by Gasteiger charge is 2.01. The van der Waals surface area contributed by atoms with E-state index in [1.807, 2.05) is 18.7 Å². The summed E-state index contributed by atoms with van der Waals surface area (Å²) in [7, 11) is 0. The second-order valence-corrected chi connectivity index (χ2v) is 6.00. The van der Waals surface area contributed by atoms with E-state index in [0.717, 1.165) is 6.54 Å². The van der Waals surface area contributed by atoms with Crippen molar-refractivity contribution < 1.29 is 15.0 Å². The summed E-state index contributed by atoms with van der Waals surface area (Å²) in [6.07, 6.45) is 18.6. The van der Waals surface area contributed by atoms with E-state index in [-0.39, 0.29) is 0 Å². The van der Waals surface area contributed by atoms with Crippen molar-refractivity contribution in [3.8, 4) is 0 Å². The lowest BCUT2D eigenvalue weighted by Crippen LogP contribution is -2.13. The molecule has 0 aliphatic carbocycles. The van der Waals surface area contributed by atoms with Gasteiger partial charge in [-0.1, -0.05) is 64.7 Å². The second-order valence-electron chi connectivity index (χ2n) is 6.00. The lowest BCUT2D eigenvalue weighted by molar-refractivity contribution is -0.145. The van der Waals surface area contributed by atoms with Crippen LogP contribution in [-0.4, -0.2) is 31.8 Å². The minimum Gasteiger partial charge on any atom is -0.479 e. The number of aromatic nitrogens is 2. The van der Waals surface area contributed by atoms with Crippen molar-refractivity contribution in [2.75, 3.05) is 0 Å². The fourth-order valence-electron chi connectivity index (χ4n) is 2.20. The van der Waals surface area contributed by atoms with E-state index in [4.69, 9.17) is 10.2 Å². The Labute approximate surface area is 140 Å². The molecule has 0 aliphatic heterocycles. The second kappa shape index (κ2) is 15.5. The average Bonchev–Trinajstić information content (AvgIpc) is 3.03. The molecular formula is C18H34N2O3. The number of aliphatic carboxylic acids is 1. The smallest absolute Gasteiger partial charge is 0.332 e. The van der Waals surface area contributed by atoms with Crippen molar-refractivity contribution in [2.24, 2.45) is 0 Å². The molecule has 1 aromatic rings. The first-order valence-corrected chi connectivity index (χ1v) is 8.94. The molecule has 0 spiro atoms.